The van der Waals surface area contributed by atoms with E-state index < -0.39 is 16.0 Å². The summed E-state index contributed by atoms with van der Waals surface area (Å²) in [6.45, 7) is 3.69. The number of nitrogens with zero attached hydrogens (tertiary/aromatic N) is 1. The lowest BCUT2D eigenvalue weighted by atomic mass is 9.96. The number of carbonyl (C=O) groups is 1. The summed E-state index contributed by atoms with van der Waals surface area (Å²) in [5.74, 6) is -0.472. The molecule has 0 aliphatic heterocycles. The van der Waals surface area contributed by atoms with Crippen molar-refractivity contribution in [1.82, 2.24) is 4.57 Å². The summed E-state index contributed by atoms with van der Waals surface area (Å²) < 4.78 is 30.8. The molecule has 0 radical (unpaired) electrons. The highest BCUT2D eigenvalue weighted by Gasteiger charge is 2.29. The average molecular weight is 511 g/mol. The molecule has 180 valence electrons. The van der Waals surface area contributed by atoms with Crippen LogP contribution in [0.1, 0.15) is 23.0 Å². The summed E-state index contributed by atoms with van der Waals surface area (Å²) in [5, 5.41) is 16.0. The minimum Gasteiger partial charge on any atom is -0.508 e. The second-order valence-corrected chi connectivity index (χ2v) is 9.83. The first-order chi connectivity index (χ1) is 16.6. The van der Waals surface area contributed by atoms with Crippen LogP contribution in [0.15, 0.2) is 77.7 Å². The summed E-state index contributed by atoms with van der Waals surface area (Å²) in [7, 11) is -3.88. The van der Waals surface area contributed by atoms with Crippen LogP contribution in [0.3, 0.4) is 0 Å². The molecule has 0 saturated heterocycles. The van der Waals surface area contributed by atoms with Gasteiger partial charge in [-0.1, -0.05) is 35.9 Å². The van der Waals surface area contributed by atoms with Crippen molar-refractivity contribution >= 4 is 27.6 Å². The molecule has 0 aliphatic rings. The smallest absolute Gasteiger partial charge is 0.340 e. The van der Waals surface area contributed by atoms with E-state index in [-0.39, 0.29) is 17.3 Å². The molecule has 7 nitrogen and oxygen atoms in total. The molecule has 0 fully saturated rings. The van der Waals surface area contributed by atoms with Crippen LogP contribution in [0.25, 0.3) is 28.1 Å². The van der Waals surface area contributed by atoms with Gasteiger partial charge >= 0.3 is 5.97 Å². The predicted octanol–water partition coefficient (Wildman–Crippen LogP) is 5.30. The van der Waals surface area contributed by atoms with E-state index >= 15 is 0 Å². The normalized spacial score (nSPS) is 11.4. The number of halogens is 1. The minimum atomic E-state index is -3.88. The van der Waals surface area contributed by atoms with Gasteiger partial charge in [0.25, 0.3) is 0 Å². The van der Waals surface area contributed by atoms with E-state index in [2.05, 4.69) is 0 Å². The molecule has 35 heavy (non-hydrogen) atoms. The van der Waals surface area contributed by atoms with Crippen LogP contribution < -0.4 is 5.14 Å². The number of carbonyl (C=O) groups excluding carboxylic acids is 1. The fourth-order valence-corrected chi connectivity index (χ4v) is 4.72. The van der Waals surface area contributed by atoms with Gasteiger partial charge in [-0.3, -0.25) is 0 Å². The van der Waals surface area contributed by atoms with Gasteiger partial charge in [-0.05, 0) is 73.5 Å². The number of hydrogen-bond donors (Lipinski definition) is 2. The molecule has 1 aromatic heterocycles. The van der Waals surface area contributed by atoms with Gasteiger partial charge in [0, 0.05) is 22.0 Å². The molecule has 0 unspecified atom stereocenters. The number of rotatable bonds is 6. The first-order valence-electron chi connectivity index (χ1n) is 10.7. The van der Waals surface area contributed by atoms with Crippen LogP contribution in [0.4, 0.5) is 0 Å². The third-order valence-corrected chi connectivity index (χ3v) is 6.74. The third kappa shape index (κ3) is 4.81. The first kappa shape index (κ1) is 24.5. The molecule has 0 bridgehead atoms. The van der Waals surface area contributed by atoms with Crippen LogP contribution in [-0.2, 0) is 14.8 Å². The van der Waals surface area contributed by atoms with Crippen molar-refractivity contribution in [3.05, 3.63) is 89.1 Å². The lowest BCUT2D eigenvalue weighted by Crippen LogP contribution is -2.12. The standard InChI is InChI=1S/C26H23ClN2O5S/c1-3-34-26(31)23-16(2)29(20-11-13-22(14-12-20)35(28,32)33)25(17-7-9-19(27)10-8-17)24(23)18-5-4-6-21(30)15-18/h4-15,30H,3H2,1-2H3,(H2,28,32,33). The molecule has 4 aromatic rings. The van der Waals surface area contributed by atoms with Gasteiger partial charge in [-0.15, -0.1) is 0 Å². The second kappa shape index (κ2) is 9.58. The topological polar surface area (TPSA) is 112 Å². The zero-order valence-corrected chi connectivity index (χ0v) is 20.6. The van der Waals surface area contributed by atoms with Crippen molar-refractivity contribution in [1.29, 1.82) is 0 Å². The van der Waals surface area contributed by atoms with E-state index in [1.54, 1.807) is 62.4 Å². The zero-order valence-electron chi connectivity index (χ0n) is 19.0. The van der Waals surface area contributed by atoms with Crippen molar-refractivity contribution in [2.75, 3.05) is 6.61 Å². The van der Waals surface area contributed by atoms with Crippen molar-refractivity contribution in [3.63, 3.8) is 0 Å². The maximum absolute atomic E-state index is 13.2. The SMILES string of the molecule is CCOC(=O)c1c(-c2cccc(O)c2)c(-c2ccc(Cl)cc2)n(-c2ccc(S(N)(=O)=O)cc2)c1C. The number of aromatic nitrogens is 1. The highest BCUT2D eigenvalue weighted by atomic mass is 35.5. The quantitative estimate of drug-likeness (QED) is 0.342. The zero-order chi connectivity index (χ0) is 25.3. The number of aromatic hydroxyl groups is 1. The highest BCUT2D eigenvalue weighted by Crippen LogP contribution is 2.42. The first-order valence-corrected chi connectivity index (χ1v) is 12.6. The molecule has 0 aliphatic carbocycles. The van der Waals surface area contributed by atoms with Gasteiger partial charge in [0.2, 0.25) is 10.0 Å². The van der Waals surface area contributed by atoms with Crippen molar-refractivity contribution < 1.29 is 23.1 Å². The Morgan fingerprint density at radius 3 is 2.26 bits per heavy atom. The lowest BCUT2D eigenvalue weighted by molar-refractivity contribution is 0.0526. The van der Waals surface area contributed by atoms with Gasteiger partial charge in [0.15, 0.2) is 0 Å². The Balaban J connectivity index is 2.11. The van der Waals surface area contributed by atoms with Crippen LogP contribution >= 0.6 is 11.6 Å². The van der Waals surface area contributed by atoms with E-state index in [1.807, 2.05) is 16.7 Å². The molecule has 0 saturated carbocycles. The van der Waals surface area contributed by atoms with Gasteiger partial charge in [0.05, 0.1) is 22.8 Å². The Bertz CT molecular complexity index is 1510. The van der Waals surface area contributed by atoms with E-state index in [1.165, 1.54) is 12.1 Å². The number of phenols is 1. The molecule has 4 rings (SSSR count). The summed E-state index contributed by atoms with van der Waals surface area (Å²) in [4.78, 5) is 13.2. The number of ether oxygens (including phenoxy) is 1. The molecule has 0 amide bonds. The molecule has 3 N–H and O–H groups in total. The second-order valence-electron chi connectivity index (χ2n) is 7.84. The lowest BCUT2D eigenvalue weighted by Gasteiger charge is -2.14. The fourth-order valence-electron chi connectivity index (χ4n) is 4.07. The Hall–Kier alpha value is -3.59. The highest BCUT2D eigenvalue weighted by molar-refractivity contribution is 7.89. The number of primary sulfonamides is 1. The molecular weight excluding hydrogens is 488 g/mol. The van der Waals surface area contributed by atoms with Crippen LogP contribution in [0, 0.1) is 6.92 Å². The fraction of sp³-hybridized carbons (Fsp3) is 0.115. The van der Waals surface area contributed by atoms with Gasteiger partial charge in [-0.2, -0.15) is 0 Å². The number of esters is 1. The maximum atomic E-state index is 13.2. The number of hydrogen-bond acceptors (Lipinski definition) is 5. The molecular formula is C26H23ClN2O5S. The summed E-state index contributed by atoms with van der Waals surface area (Å²) >= 11 is 6.14. The summed E-state index contributed by atoms with van der Waals surface area (Å²) in [5.41, 5.74) is 4.10. The van der Waals surface area contributed by atoms with Gasteiger partial charge in [0.1, 0.15) is 5.75 Å². The maximum Gasteiger partial charge on any atom is 0.340 e. The average Bonchev–Trinajstić information content (AvgIpc) is 3.12. The number of nitrogens with two attached hydrogens (primary N) is 1. The number of phenolic OH excluding ortho intramolecular Hbond substituents is 1. The molecule has 9 heteroatoms. The molecule has 1 heterocycles. The number of sulfonamides is 1. The van der Waals surface area contributed by atoms with Crippen molar-refractivity contribution in [2.24, 2.45) is 5.14 Å². The van der Waals surface area contributed by atoms with Crippen LogP contribution in [0.5, 0.6) is 5.75 Å². The predicted molar refractivity (Wildman–Crippen MR) is 135 cm³/mol. The van der Waals surface area contributed by atoms with Crippen molar-refractivity contribution in [2.45, 2.75) is 18.7 Å². The number of benzene rings is 3. The van der Waals surface area contributed by atoms with Crippen molar-refractivity contribution in [3.8, 4) is 33.8 Å². The van der Waals surface area contributed by atoms with E-state index in [0.29, 0.717) is 38.8 Å². The molecule has 0 spiro atoms. The molecule has 3 aromatic carbocycles. The third-order valence-electron chi connectivity index (χ3n) is 5.56. The largest absolute Gasteiger partial charge is 0.508 e. The Morgan fingerprint density at radius 2 is 1.69 bits per heavy atom. The summed E-state index contributed by atoms with van der Waals surface area (Å²) in [6, 6.07) is 19.8. The monoisotopic (exact) mass is 510 g/mol. The van der Waals surface area contributed by atoms with Gasteiger partial charge < -0.3 is 14.4 Å². The van der Waals surface area contributed by atoms with Crippen LogP contribution in [0.2, 0.25) is 5.02 Å². The van der Waals surface area contributed by atoms with E-state index in [9.17, 15) is 18.3 Å². The van der Waals surface area contributed by atoms with E-state index in [0.717, 1.165) is 5.56 Å². The van der Waals surface area contributed by atoms with Gasteiger partial charge in [-0.25, -0.2) is 18.4 Å². The van der Waals surface area contributed by atoms with E-state index in [4.69, 9.17) is 21.5 Å². The van der Waals surface area contributed by atoms with Crippen LogP contribution in [-0.4, -0.2) is 30.7 Å². The Morgan fingerprint density at radius 1 is 1.03 bits per heavy atom. The Labute approximate surface area is 208 Å². The molecule has 0 atom stereocenters. The Kier molecular flexibility index (Phi) is 6.71. The summed E-state index contributed by atoms with van der Waals surface area (Å²) in [6.07, 6.45) is 0. The minimum absolute atomic E-state index is 0.0297.